The molecule has 1 nitrogen and oxygen atoms in total. The van der Waals surface area contributed by atoms with E-state index in [1.54, 1.807) is 0 Å². The molecule has 0 heterocycles. The highest BCUT2D eigenvalue weighted by Gasteiger charge is 2.22. The minimum atomic E-state index is 0.144. The van der Waals surface area contributed by atoms with Crippen molar-refractivity contribution < 1.29 is 4.74 Å². The SMILES string of the molecule is C=CCOC(C#CCCCC)C1CCCCC1. The Hall–Kier alpha value is -0.740. The molecule has 0 aromatic heterocycles. The Morgan fingerprint density at radius 3 is 2.76 bits per heavy atom. The van der Waals surface area contributed by atoms with Gasteiger partial charge in [-0.15, -0.1) is 12.5 Å². The highest BCUT2D eigenvalue weighted by molar-refractivity contribution is 5.07. The molecule has 0 radical (unpaired) electrons. The van der Waals surface area contributed by atoms with Gasteiger partial charge in [0.15, 0.2) is 0 Å². The summed E-state index contributed by atoms with van der Waals surface area (Å²) in [7, 11) is 0. The van der Waals surface area contributed by atoms with Crippen molar-refractivity contribution in [1.29, 1.82) is 0 Å². The van der Waals surface area contributed by atoms with Crippen LogP contribution in [0.5, 0.6) is 0 Å². The molecule has 0 spiro atoms. The summed E-state index contributed by atoms with van der Waals surface area (Å²) in [6, 6.07) is 0. The summed E-state index contributed by atoms with van der Waals surface area (Å²) in [4.78, 5) is 0. The van der Waals surface area contributed by atoms with Crippen LogP contribution in [-0.2, 0) is 4.74 Å². The molecule has 1 atom stereocenters. The Labute approximate surface area is 107 Å². The lowest BCUT2D eigenvalue weighted by Gasteiger charge is -2.26. The van der Waals surface area contributed by atoms with Gasteiger partial charge in [-0.1, -0.05) is 44.6 Å². The summed E-state index contributed by atoms with van der Waals surface area (Å²) < 4.78 is 5.82. The van der Waals surface area contributed by atoms with Gasteiger partial charge < -0.3 is 4.74 Å². The smallest absolute Gasteiger partial charge is 0.121 e. The maximum absolute atomic E-state index is 5.82. The average Bonchev–Trinajstić information content (AvgIpc) is 2.39. The lowest BCUT2D eigenvalue weighted by Crippen LogP contribution is -2.25. The van der Waals surface area contributed by atoms with Crippen LogP contribution in [-0.4, -0.2) is 12.7 Å². The molecule has 0 amide bonds. The molecule has 1 fully saturated rings. The summed E-state index contributed by atoms with van der Waals surface area (Å²) in [5.41, 5.74) is 0. The van der Waals surface area contributed by atoms with Crippen LogP contribution in [0.15, 0.2) is 12.7 Å². The van der Waals surface area contributed by atoms with Crippen molar-refractivity contribution in [3.05, 3.63) is 12.7 Å². The first-order valence-corrected chi connectivity index (χ1v) is 7.09. The lowest BCUT2D eigenvalue weighted by atomic mass is 9.85. The molecule has 1 saturated carbocycles. The third kappa shape index (κ3) is 5.94. The molecule has 1 unspecified atom stereocenters. The van der Waals surface area contributed by atoms with Gasteiger partial charge in [0.25, 0.3) is 0 Å². The van der Waals surface area contributed by atoms with E-state index in [2.05, 4.69) is 25.3 Å². The molecule has 17 heavy (non-hydrogen) atoms. The van der Waals surface area contributed by atoms with Crippen molar-refractivity contribution in [3.8, 4) is 11.8 Å². The molecule has 96 valence electrons. The van der Waals surface area contributed by atoms with Gasteiger partial charge >= 0.3 is 0 Å². The van der Waals surface area contributed by atoms with Crippen molar-refractivity contribution in [2.24, 2.45) is 5.92 Å². The molecule has 1 heteroatoms. The third-order valence-electron chi connectivity index (χ3n) is 3.37. The Morgan fingerprint density at radius 1 is 1.35 bits per heavy atom. The van der Waals surface area contributed by atoms with Crippen LogP contribution in [0, 0.1) is 17.8 Å². The van der Waals surface area contributed by atoms with E-state index in [1.807, 2.05) is 6.08 Å². The van der Waals surface area contributed by atoms with Gasteiger partial charge in [0.05, 0.1) is 6.61 Å². The summed E-state index contributed by atoms with van der Waals surface area (Å²) in [5.74, 6) is 7.27. The molecular formula is C16H26O. The second kappa shape index (κ2) is 9.31. The van der Waals surface area contributed by atoms with Crippen LogP contribution in [0.25, 0.3) is 0 Å². The van der Waals surface area contributed by atoms with E-state index in [0.29, 0.717) is 12.5 Å². The first-order valence-electron chi connectivity index (χ1n) is 7.09. The molecule has 1 aliphatic carbocycles. The van der Waals surface area contributed by atoms with E-state index in [1.165, 1.54) is 44.9 Å². The minimum absolute atomic E-state index is 0.144. The Balaban J connectivity index is 2.44. The quantitative estimate of drug-likeness (QED) is 0.377. The summed E-state index contributed by atoms with van der Waals surface area (Å²) in [6.07, 6.45) is 12.0. The normalized spacial score (nSPS) is 18.2. The molecule has 0 aliphatic heterocycles. The van der Waals surface area contributed by atoms with Gasteiger partial charge in [-0.2, -0.15) is 0 Å². The fraction of sp³-hybridized carbons (Fsp3) is 0.750. The van der Waals surface area contributed by atoms with Crippen LogP contribution in [0.1, 0.15) is 58.3 Å². The maximum atomic E-state index is 5.82. The van der Waals surface area contributed by atoms with Crippen LogP contribution in [0.2, 0.25) is 0 Å². The minimum Gasteiger partial charge on any atom is -0.361 e. The molecule has 1 rings (SSSR count). The molecule has 0 saturated heterocycles. The van der Waals surface area contributed by atoms with Gasteiger partial charge in [-0.05, 0) is 25.2 Å². The monoisotopic (exact) mass is 234 g/mol. The number of ether oxygens (including phenoxy) is 1. The van der Waals surface area contributed by atoms with E-state index in [-0.39, 0.29) is 6.10 Å². The van der Waals surface area contributed by atoms with Crippen molar-refractivity contribution in [3.63, 3.8) is 0 Å². The number of unbranched alkanes of at least 4 members (excludes halogenated alkanes) is 2. The topological polar surface area (TPSA) is 9.23 Å². The summed E-state index contributed by atoms with van der Waals surface area (Å²) in [5, 5.41) is 0. The fourth-order valence-electron chi connectivity index (χ4n) is 2.34. The number of hydrogen-bond donors (Lipinski definition) is 0. The average molecular weight is 234 g/mol. The zero-order valence-corrected chi connectivity index (χ0v) is 11.2. The molecular weight excluding hydrogens is 208 g/mol. The van der Waals surface area contributed by atoms with Crippen molar-refractivity contribution in [2.45, 2.75) is 64.4 Å². The zero-order chi connectivity index (χ0) is 12.3. The zero-order valence-electron chi connectivity index (χ0n) is 11.2. The van der Waals surface area contributed by atoms with Gasteiger partial charge in [0.2, 0.25) is 0 Å². The predicted molar refractivity (Wildman–Crippen MR) is 73.8 cm³/mol. The number of rotatable bonds is 6. The van der Waals surface area contributed by atoms with Gasteiger partial charge in [-0.25, -0.2) is 0 Å². The van der Waals surface area contributed by atoms with Crippen LogP contribution >= 0.6 is 0 Å². The maximum Gasteiger partial charge on any atom is 0.121 e. The van der Waals surface area contributed by atoms with Crippen LogP contribution < -0.4 is 0 Å². The van der Waals surface area contributed by atoms with Crippen LogP contribution in [0.3, 0.4) is 0 Å². The molecule has 0 aromatic rings. The molecule has 0 bridgehead atoms. The van der Waals surface area contributed by atoms with E-state index < -0.39 is 0 Å². The first kappa shape index (κ1) is 14.3. The van der Waals surface area contributed by atoms with Crippen molar-refractivity contribution in [2.75, 3.05) is 6.61 Å². The first-order chi connectivity index (χ1) is 8.38. The molecule has 0 aromatic carbocycles. The van der Waals surface area contributed by atoms with Crippen LogP contribution in [0.4, 0.5) is 0 Å². The standard InChI is InChI=1S/C16H26O/c1-3-5-6-10-13-16(17-14-4-2)15-11-8-7-9-12-15/h4,15-16H,2-3,5-9,11-12,14H2,1H3. The number of hydrogen-bond acceptors (Lipinski definition) is 1. The predicted octanol–water partition coefficient (Wildman–Crippen LogP) is 4.33. The van der Waals surface area contributed by atoms with Gasteiger partial charge in [-0.3, -0.25) is 0 Å². The molecule has 1 aliphatic rings. The molecule has 0 N–H and O–H groups in total. The van der Waals surface area contributed by atoms with E-state index in [0.717, 1.165) is 6.42 Å². The third-order valence-corrected chi connectivity index (χ3v) is 3.37. The second-order valence-electron chi connectivity index (χ2n) is 4.87. The Kier molecular flexibility index (Phi) is 7.84. The van der Waals surface area contributed by atoms with Crippen molar-refractivity contribution >= 4 is 0 Å². The fourth-order valence-corrected chi connectivity index (χ4v) is 2.34. The van der Waals surface area contributed by atoms with E-state index in [4.69, 9.17) is 4.74 Å². The largest absolute Gasteiger partial charge is 0.361 e. The Bertz CT molecular complexity index is 252. The van der Waals surface area contributed by atoms with E-state index >= 15 is 0 Å². The summed E-state index contributed by atoms with van der Waals surface area (Å²) in [6.45, 7) is 6.55. The van der Waals surface area contributed by atoms with E-state index in [9.17, 15) is 0 Å². The van der Waals surface area contributed by atoms with Crippen molar-refractivity contribution in [1.82, 2.24) is 0 Å². The Morgan fingerprint density at radius 2 is 2.12 bits per heavy atom. The second-order valence-corrected chi connectivity index (χ2v) is 4.87. The van der Waals surface area contributed by atoms with Gasteiger partial charge in [0, 0.05) is 6.42 Å². The van der Waals surface area contributed by atoms with Gasteiger partial charge in [0.1, 0.15) is 6.10 Å². The summed E-state index contributed by atoms with van der Waals surface area (Å²) >= 11 is 0. The lowest BCUT2D eigenvalue weighted by molar-refractivity contribution is 0.0558. The highest BCUT2D eigenvalue weighted by atomic mass is 16.5. The highest BCUT2D eigenvalue weighted by Crippen LogP contribution is 2.27.